The molecule has 1 aromatic heterocycles. The average Bonchev–Trinajstić information content (AvgIpc) is 3.15. The summed E-state index contributed by atoms with van der Waals surface area (Å²) < 4.78 is 1.62. The first-order valence-corrected chi connectivity index (χ1v) is 8.54. The first-order chi connectivity index (χ1) is 11.4. The van der Waals surface area contributed by atoms with Crippen molar-refractivity contribution in [3.8, 4) is 0 Å². The van der Waals surface area contributed by atoms with E-state index < -0.39 is 18.2 Å². The predicted molar refractivity (Wildman–Crippen MR) is 86.1 cm³/mol. The second kappa shape index (κ2) is 6.51. The quantitative estimate of drug-likeness (QED) is 0.792. The van der Waals surface area contributed by atoms with E-state index in [0.717, 1.165) is 18.5 Å². The smallest absolute Gasteiger partial charge is 0.248 e. The van der Waals surface area contributed by atoms with Crippen molar-refractivity contribution in [3.05, 3.63) is 11.9 Å². The largest absolute Gasteiger partial charge is 0.391 e. The molecule has 1 aliphatic carbocycles. The zero-order valence-corrected chi connectivity index (χ0v) is 14.3. The third-order valence-electron chi connectivity index (χ3n) is 4.80. The minimum atomic E-state index is -0.679. The number of likely N-dealkylation sites (N-methyl/N-ethyl adjacent to an activating group) is 1. The van der Waals surface area contributed by atoms with Crippen molar-refractivity contribution in [1.29, 1.82) is 0 Å². The zero-order chi connectivity index (χ0) is 17.4. The molecule has 8 heteroatoms. The van der Waals surface area contributed by atoms with Gasteiger partial charge in [-0.05, 0) is 18.8 Å². The van der Waals surface area contributed by atoms with E-state index in [1.54, 1.807) is 4.68 Å². The van der Waals surface area contributed by atoms with Crippen LogP contribution in [0.15, 0.2) is 6.20 Å². The van der Waals surface area contributed by atoms with Crippen LogP contribution in [-0.4, -0.2) is 62.6 Å². The summed E-state index contributed by atoms with van der Waals surface area (Å²) in [5.74, 6) is 0.0188. The Morgan fingerprint density at radius 3 is 2.67 bits per heavy atom. The lowest BCUT2D eigenvalue weighted by molar-refractivity contribution is -0.142. The second-order valence-corrected chi connectivity index (χ2v) is 7.10. The van der Waals surface area contributed by atoms with E-state index in [1.165, 1.54) is 11.9 Å². The highest BCUT2D eigenvalue weighted by Gasteiger charge is 2.42. The molecule has 2 amide bonds. The summed E-state index contributed by atoms with van der Waals surface area (Å²) in [4.78, 5) is 26.6. The maximum atomic E-state index is 13.1. The van der Waals surface area contributed by atoms with Gasteiger partial charge in [0.2, 0.25) is 11.8 Å². The van der Waals surface area contributed by atoms with Crippen LogP contribution in [-0.2, 0) is 9.59 Å². The number of aliphatic hydroxyl groups excluding tert-OH is 1. The summed E-state index contributed by atoms with van der Waals surface area (Å²) >= 11 is 0. The van der Waals surface area contributed by atoms with Gasteiger partial charge in [0.05, 0.1) is 11.8 Å². The van der Waals surface area contributed by atoms with E-state index in [2.05, 4.69) is 15.6 Å². The van der Waals surface area contributed by atoms with E-state index in [4.69, 9.17) is 0 Å². The number of carbonyl (C=O) groups excluding carboxylic acids is 2. The molecule has 1 aliphatic heterocycles. The number of rotatable bonds is 5. The fourth-order valence-corrected chi connectivity index (χ4v) is 3.34. The second-order valence-electron chi connectivity index (χ2n) is 7.10. The Bertz CT molecular complexity index is 625. The Kier molecular flexibility index (Phi) is 4.58. The van der Waals surface area contributed by atoms with Crippen LogP contribution >= 0.6 is 0 Å². The molecular formula is C16H25N5O3. The van der Waals surface area contributed by atoms with Gasteiger partial charge in [0.1, 0.15) is 12.1 Å². The van der Waals surface area contributed by atoms with E-state index in [1.807, 2.05) is 20.0 Å². The van der Waals surface area contributed by atoms with Crippen LogP contribution in [0.25, 0.3) is 0 Å². The van der Waals surface area contributed by atoms with Gasteiger partial charge in [0, 0.05) is 32.1 Å². The van der Waals surface area contributed by atoms with Crippen LogP contribution in [0.4, 0.5) is 0 Å². The maximum Gasteiger partial charge on any atom is 0.248 e. The van der Waals surface area contributed by atoms with Crippen LogP contribution in [0.2, 0.25) is 0 Å². The maximum absolute atomic E-state index is 13.1. The molecule has 1 saturated carbocycles. The summed E-state index contributed by atoms with van der Waals surface area (Å²) in [5, 5.41) is 20.8. The van der Waals surface area contributed by atoms with Gasteiger partial charge in [-0.2, -0.15) is 0 Å². The van der Waals surface area contributed by atoms with Gasteiger partial charge >= 0.3 is 0 Å². The molecule has 0 radical (unpaired) electrons. The average molecular weight is 335 g/mol. The lowest BCUT2D eigenvalue weighted by Gasteiger charge is -2.29. The summed E-state index contributed by atoms with van der Waals surface area (Å²) in [6.07, 6.45) is 3.68. The van der Waals surface area contributed by atoms with E-state index in [0.29, 0.717) is 5.92 Å². The van der Waals surface area contributed by atoms with E-state index in [-0.39, 0.29) is 30.7 Å². The number of aromatic nitrogens is 3. The van der Waals surface area contributed by atoms with Crippen molar-refractivity contribution in [2.75, 3.05) is 13.6 Å². The minimum absolute atomic E-state index is 0.00525. The molecule has 132 valence electrons. The number of amides is 2. The van der Waals surface area contributed by atoms with Crippen LogP contribution in [0, 0.1) is 5.92 Å². The number of hydrogen-bond acceptors (Lipinski definition) is 5. The molecule has 0 spiro atoms. The molecule has 0 aromatic carbocycles. The van der Waals surface area contributed by atoms with E-state index in [9.17, 15) is 14.7 Å². The Labute approximate surface area is 141 Å². The Morgan fingerprint density at radius 1 is 1.38 bits per heavy atom. The molecule has 3 atom stereocenters. The summed E-state index contributed by atoms with van der Waals surface area (Å²) in [5.41, 5.74) is 0.928. The molecule has 3 unspecified atom stereocenters. The van der Waals surface area contributed by atoms with Crippen LogP contribution in [0.1, 0.15) is 50.8 Å². The number of nitrogens with one attached hydrogen (secondary N) is 1. The number of nitrogens with zero attached hydrogens (tertiary/aromatic N) is 4. The highest BCUT2D eigenvalue weighted by molar-refractivity contribution is 5.89. The molecule has 8 nitrogen and oxygen atoms in total. The fraction of sp³-hybridized carbons (Fsp3) is 0.750. The molecule has 2 aliphatic rings. The van der Waals surface area contributed by atoms with Gasteiger partial charge < -0.3 is 15.3 Å². The highest BCUT2D eigenvalue weighted by Crippen LogP contribution is 2.39. The van der Waals surface area contributed by atoms with Crippen molar-refractivity contribution in [3.63, 3.8) is 0 Å². The third-order valence-corrected chi connectivity index (χ3v) is 4.80. The van der Waals surface area contributed by atoms with Crippen LogP contribution < -0.4 is 5.32 Å². The monoisotopic (exact) mass is 335 g/mol. The summed E-state index contributed by atoms with van der Waals surface area (Å²) in [6.45, 7) is 4.06. The third kappa shape index (κ3) is 3.15. The lowest BCUT2D eigenvalue weighted by Crippen LogP contribution is -2.48. The van der Waals surface area contributed by atoms with Crippen molar-refractivity contribution >= 4 is 11.8 Å². The number of β-amino-alcohol motifs (C(OH)–C–C–N with tert-alkyl or cyclic N) is 1. The number of carbonyl (C=O) groups is 2. The zero-order valence-electron chi connectivity index (χ0n) is 14.3. The van der Waals surface area contributed by atoms with Gasteiger partial charge in [-0.3, -0.25) is 9.59 Å². The molecule has 3 rings (SSSR count). The standard InChI is InChI=1S/C16H25N5O3/c1-9(2)14(21-8-12(18-19-21)10-4-5-10)16(24)20-7-11(22)6-13(20)15(23)17-3/h8-11,13-14,22H,4-7H2,1-3H3,(H,17,23). The van der Waals surface area contributed by atoms with Gasteiger partial charge in [0.25, 0.3) is 0 Å². The predicted octanol–water partition coefficient (Wildman–Crippen LogP) is 0.0604. The van der Waals surface area contributed by atoms with Crippen molar-refractivity contribution in [2.24, 2.45) is 5.92 Å². The molecule has 1 saturated heterocycles. The van der Waals surface area contributed by atoms with Gasteiger partial charge in [-0.1, -0.05) is 19.1 Å². The molecule has 2 fully saturated rings. The van der Waals surface area contributed by atoms with Crippen molar-refractivity contribution in [1.82, 2.24) is 25.2 Å². The van der Waals surface area contributed by atoms with Crippen molar-refractivity contribution < 1.29 is 14.7 Å². The molecule has 2 heterocycles. The minimum Gasteiger partial charge on any atom is -0.391 e. The highest BCUT2D eigenvalue weighted by atomic mass is 16.3. The van der Waals surface area contributed by atoms with Gasteiger partial charge in [0.15, 0.2) is 0 Å². The first kappa shape index (κ1) is 16.9. The van der Waals surface area contributed by atoms with Crippen LogP contribution in [0.5, 0.6) is 0 Å². The fourth-order valence-electron chi connectivity index (χ4n) is 3.34. The lowest BCUT2D eigenvalue weighted by atomic mass is 10.0. The Hall–Kier alpha value is -1.96. The van der Waals surface area contributed by atoms with Gasteiger partial charge in [-0.25, -0.2) is 4.68 Å². The molecule has 0 bridgehead atoms. The molecule has 2 N–H and O–H groups in total. The van der Waals surface area contributed by atoms with E-state index >= 15 is 0 Å². The normalized spacial score (nSPS) is 25.1. The van der Waals surface area contributed by atoms with Crippen molar-refractivity contribution in [2.45, 2.75) is 57.2 Å². The van der Waals surface area contributed by atoms with Crippen LogP contribution in [0.3, 0.4) is 0 Å². The number of likely N-dealkylation sites (tertiary alicyclic amines) is 1. The SMILES string of the molecule is CNC(=O)C1CC(O)CN1C(=O)C(C(C)C)n1cc(C2CC2)nn1. The summed E-state index contributed by atoms with van der Waals surface area (Å²) in [6, 6.07) is -1.16. The molecular weight excluding hydrogens is 310 g/mol. The topological polar surface area (TPSA) is 100 Å². The molecule has 24 heavy (non-hydrogen) atoms. The first-order valence-electron chi connectivity index (χ1n) is 8.54. The number of aliphatic hydroxyl groups is 1. The summed E-state index contributed by atoms with van der Waals surface area (Å²) in [7, 11) is 1.54. The molecule has 1 aromatic rings. The Morgan fingerprint density at radius 2 is 2.08 bits per heavy atom. The Balaban J connectivity index is 1.84. The number of hydrogen-bond donors (Lipinski definition) is 2. The van der Waals surface area contributed by atoms with Gasteiger partial charge in [-0.15, -0.1) is 5.10 Å².